The molecule has 0 saturated carbocycles. The van der Waals surface area contributed by atoms with E-state index in [0.29, 0.717) is 10.1 Å². The highest BCUT2D eigenvalue weighted by Crippen LogP contribution is 2.28. The van der Waals surface area contributed by atoms with Crippen LogP contribution in [0.5, 0.6) is 0 Å². The van der Waals surface area contributed by atoms with Gasteiger partial charge in [-0.25, -0.2) is 0 Å². The highest BCUT2D eigenvalue weighted by molar-refractivity contribution is 7.80. The molecule has 0 spiro atoms. The molecular formula is C9H8ClN3S. The van der Waals surface area contributed by atoms with Crippen LogP contribution in [0.3, 0.4) is 0 Å². The highest BCUT2D eigenvalue weighted by atomic mass is 35.5. The van der Waals surface area contributed by atoms with Gasteiger partial charge < -0.3 is 4.90 Å². The number of hydrogen-bond donors (Lipinski definition) is 0. The lowest BCUT2D eigenvalue weighted by Gasteiger charge is -2.17. The predicted molar refractivity (Wildman–Crippen MR) is 59.4 cm³/mol. The van der Waals surface area contributed by atoms with Gasteiger partial charge in [0.15, 0.2) is 6.17 Å². The van der Waals surface area contributed by atoms with Crippen molar-refractivity contribution in [3.8, 4) is 0 Å². The summed E-state index contributed by atoms with van der Waals surface area (Å²) in [4.78, 5) is 1.83. The summed E-state index contributed by atoms with van der Waals surface area (Å²) in [6.07, 6.45) is -0.124. The first-order valence-electron chi connectivity index (χ1n) is 4.11. The Balaban J connectivity index is 2.33. The molecule has 0 saturated heterocycles. The van der Waals surface area contributed by atoms with E-state index in [1.807, 2.05) is 36.2 Å². The second kappa shape index (κ2) is 3.63. The molecule has 1 unspecified atom stereocenters. The van der Waals surface area contributed by atoms with Crippen molar-refractivity contribution >= 4 is 28.9 Å². The van der Waals surface area contributed by atoms with Gasteiger partial charge in [-0.05, 0) is 29.9 Å². The van der Waals surface area contributed by atoms with E-state index < -0.39 is 0 Å². The zero-order valence-electron chi connectivity index (χ0n) is 7.51. The van der Waals surface area contributed by atoms with Crippen LogP contribution in [0.4, 0.5) is 0 Å². The summed E-state index contributed by atoms with van der Waals surface area (Å²) in [5.41, 5.74) is 1.00. The van der Waals surface area contributed by atoms with E-state index in [4.69, 9.17) is 23.8 Å². The van der Waals surface area contributed by atoms with Gasteiger partial charge in [0.25, 0.3) is 0 Å². The molecule has 1 aromatic carbocycles. The van der Waals surface area contributed by atoms with Gasteiger partial charge in [-0.15, -0.1) is 5.11 Å². The molecule has 72 valence electrons. The molecule has 1 aliphatic heterocycles. The molecule has 2 rings (SSSR count). The molecule has 1 aromatic rings. The number of rotatable bonds is 1. The maximum atomic E-state index is 5.88. The van der Waals surface area contributed by atoms with E-state index in [1.165, 1.54) is 0 Å². The maximum absolute atomic E-state index is 5.88. The molecule has 1 aliphatic rings. The van der Waals surface area contributed by atoms with Gasteiger partial charge in [-0.2, -0.15) is 5.11 Å². The summed E-state index contributed by atoms with van der Waals surface area (Å²) in [5.74, 6) is 0. The molecule has 0 bridgehead atoms. The Labute approximate surface area is 92.4 Å². The standard InChI is InChI=1S/C9H8ClN3S/c1-13-8(11-12-9(13)14)6-3-2-4-7(10)5-6/h2-5,8H,1H3. The molecule has 0 radical (unpaired) electrons. The van der Waals surface area contributed by atoms with E-state index in [-0.39, 0.29) is 6.17 Å². The number of thiocarbonyl (C=S) groups is 1. The smallest absolute Gasteiger partial charge is 0.217 e. The molecule has 1 heterocycles. The minimum atomic E-state index is -0.124. The molecule has 0 amide bonds. The summed E-state index contributed by atoms with van der Waals surface area (Å²) in [7, 11) is 1.87. The predicted octanol–water partition coefficient (Wildman–Crippen LogP) is 3.02. The maximum Gasteiger partial charge on any atom is 0.217 e. The first-order valence-corrected chi connectivity index (χ1v) is 4.90. The van der Waals surface area contributed by atoms with Crippen molar-refractivity contribution in [3.05, 3.63) is 34.9 Å². The van der Waals surface area contributed by atoms with E-state index in [9.17, 15) is 0 Å². The van der Waals surface area contributed by atoms with Crippen molar-refractivity contribution in [3.63, 3.8) is 0 Å². The zero-order chi connectivity index (χ0) is 10.1. The third kappa shape index (κ3) is 1.63. The van der Waals surface area contributed by atoms with Gasteiger partial charge in [0, 0.05) is 12.1 Å². The molecule has 0 N–H and O–H groups in total. The topological polar surface area (TPSA) is 28.0 Å². The van der Waals surface area contributed by atoms with E-state index >= 15 is 0 Å². The molecule has 0 aliphatic carbocycles. The van der Waals surface area contributed by atoms with Crippen LogP contribution in [0.2, 0.25) is 5.02 Å². The molecule has 5 heteroatoms. The molecule has 0 aromatic heterocycles. The first kappa shape index (κ1) is 9.55. The molecule has 0 fully saturated rings. The van der Waals surface area contributed by atoms with Crippen LogP contribution >= 0.6 is 23.8 Å². The minimum absolute atomic E-state index is 0.124. The van der Waals surface area contributed by atoms with Gasteiger partial charge in [0.2, 0.25) is 5.11 Å². The number of halogens is 1. The summed E-state index contributed by atoms with van der Waals surface area (Å²) in [5, 5.41) is 9.11. The van der Waals surface area contributed by atoms with Crippen LogP contribution < -0.4 is 0 Å². The van der Waals surface area contributed by atoms with Gasteiger partial charge >= 0.3 is 0 Å². The SMILES string of the molecule is CN1C(=S)N=NC1c1cccc(Cl)c1. The van der Waals surface area contributed by atoms with Crippen LogP contribution in [0.15, 0.2) is 34.5 Å². The van der Waals surface area contributed by atoms with Gasteiger partial charge in [-0.3, -0.25) is 0 Å². The fourth-order valence-electron chi connectivity index (χ4n) is 1.31. The summed E-state index contributed by atoms with van der Waals surface area (Å²) >= 11 is 10.9. The van der Waals surface area contributed by atoms with Crippen LogP contribution in [0.25, 0.3) is 0 Å². The van der Waals surface area contributed by atoms with Gasteiger partial charge in [-0.1, -0.05) is 23.7 Å². The van der Waals surface area contributed by atoms with Crippen LogP contribution in [0.1, 0.15) is 11.7 Å². The van der Waals surface area contributed by atoms with Gasteiger partial charge in [0.1, 0.15) is 0 Å². The summed E-state index contributed by atoms with van der Waals surface area (Å²) in [6, 6.07) is 7.55. The van der Waals surface area contributed by atoms with Crippen LogP contribution in [-0.4, -0.2) is 17.1 Å². The molecule has 1 atom stereocenters. The summed E-state index contributed by atoms with van der Waals surface area (Å²) in [6.45, 7) is 0. The molecule has 14 heavy (non-hydrogen) atoms. The lowest BCUT2D eigenvalue weighted by atomic mass is 10.2. The first-order chi connectivity index (χ1) is 6.68. The largest absolute Gasteiger partial charge is 0.322 e. The van der Waals surface area contributed by atoms with Crippen molar-refractivity contribution in [2.45, 2.75) is 6.17 Å². The minimum Gasteiger partial charge on any atom is -0.322 e. The lowest BCUT2D eigenvalue weighted by Crippen LogP contribution is -2.21. The van der Waals surface area contributed by atoms with Crippen molar-refractivity contribution in [1.82, 2.24) is 4.90 Å². The summed E-state index contributed by atoms with van der Waals surface area (Å²) < 4.78 is 0. The third-order valence-corrected chi connectivity index (χ3v) is 2.67. The second-order valence-electron chi connectivity index (χ2n) is 3.04. The van der Waals surface area contributed by atoms with E-state index in [1.54, 1.807) is 0 Å². The Bertz CT molecular complexity index is 405. The van der Waals surface area contributed by atoms with Crippen molar-refractivity contribution in [2.24, 2.45) is 10.2 Å². The third-order valence-electron chi connectivity index (χ3n) is 2.07. The Hall–Kier alpha value is -1.00. The van der Waals surface area contributed by atoms with E-state index in [0.717, 1.165) is 5.56 Å². The second-order valence-corrected chi connectivity index (χ2v) is 3.84. The number of benzene rings is 1. The average molecular weight is 226 g/mol. The van der Waals surface area contributed by atoms with Crippen LogP contribution in [0, 0.1) is 0 Å². The number of nitrogens with zero attached hydrogens (tertiary/aromatic N) is 3. The number of hydrogen-bond acceptors (Lipinski definition) is 2. The molecule has 3 nitrogen and oxygen atoms in total. The molecular weight excluding hydrogens is 218 g/mol. The zero-order valence-corrected chi connectivity index (χ0v) is 9.09. The van der Waals surface area contributed by atoms with Crippen molar-refractivity contribution in [2.75, 3.05) is 7.05 Å². The fraction of sp³-hybridized carbons (Fsp3) is 0.222. The van der Waals surface area contributed by atoms with Gasteiger partial charge in [0.05, 0.1) is 0 Å². The quantitative estimate of drug-likeness (QED) is 0.688. The highest BCUT2D eigenvalue weighted by Gasteiger charge is 2.23. The Kier molecular flexibility index (Phi) is 2.48. The average Bonchev–Trinajstić information content (AvgIpc) is 2.48. The monoisotopic (exact) mass is 225 g/mol. The normalized spacial score (nSPS) is 20.6. The van der Waals surface area contributed by atoms with Crippen molar-refractivity contribution < 1.29 is 0 Å². The Morgan fingerprint density at radius 3 is 2.86 bits per heavy atom. The van der Waals surface area contributed by atoms with Crippen molar-refractivity contribution in [1.29, 1.82) is 0 Å². The lowest BCUT2D eigenvalue weighted by molar-refractivity contribution is 0.414. The van der Waals surface area contributed by atoms with Crippen LogP contribution in [-0.2, 0) is 0 Å². The van der Waals surface area contributed by atoms with E-state index in [2.05, 4.69) is 10.2 Å². The fourth-order valence-corrected chi connectivity index (χ4v) is 1.66. The Morgan fingerprint density at radius 1 is 1.50 bits per heavy atom. The Morgan fingerprint density at radius 2 is 2.29 bits per heavy atom. The number of azo groups is 1.